The molecule has 0 atom stereocenters. The smallest absolute Gasteiger partial charge is 0.336 e. The van der Waals surface area contributed by atoms with Crippen molar-refractivity contribution >= 4 is 28.3 Å². The summed E-state index contributed by atoms with van der Waals surface area (Å²) in [6.45, 7) is 1.47. The molecule has 0 saturated carbocycles. The topological polar surface area (TPSA) is 112 Å². The largest absolute Gasteiger partial charge is 0.489 e. The molecule has 0 aliphatic carbocycles. The quantitative estimate of drug-likeness (QED) is 0.428. The second kappa shape index (κ2) is 7.06. The molecule has 0 aliphatic heterocycles. The summed E-state index contributed by atoms with van der Waals surface area (Å²) < 4.78 is 10.8. The first-order valence-corrected chi connectivity index (χ1v) is 7.64. The average Bonchev–Trinajstić information content (AvgIpc) is 2.59. The molecule has 1 N–H and O–H groups in total. The van der Waals surface area contributed by atoms with Gasteiger partial charge >= 0.3 is 5.63 Å². The van der Waals surface area contributed by atoms with Crippen LogP contribution in [-0.4, -0.2) is 10.8 Å². The predicted octanol–water partition coefficient (Wildman–Crippen LogP) is 3.24. The molecule has 8 heteroatoms. The van der Waals surface area contributed by atoms with Crippen LogP contribution in [0.1, 0.15) is 12.5 Å². The fourth-order valence-electron chi connectivity index (χ4n) is 2.46. The van der Waals surface area contributed by atoms with E-state index in [2.05, 4.69) is 5.32 Å². The van der Waals surface area contributed by atoms with Crippen molar-refractivity contribution in [1.29, 1.82) is 0 Å². The Morgan fingerprint density at radius 2 is 1.92 bits per heavy atom. The van der Waals surface area contributed by atoms with Crippen molar-refractivity contribution in [3.8, 4) is 5.75 Å². The number of fused-ring (bicyclic) bond motifs is 1. The van der Waals surface area contributed by atoms with Gasteiger partial charge in [-0.05, 0) is 24.3 Å². The molecule has 0 unspecified atom stereocenters. The molecule has 0 saturated heterocycles. The van der Waals surface area contributed by atoms with E-state index < -0.39 is 10.5 Å². The van der Waals surface area contributed by atoms with Gasteiger partial charge in [0.05, 0.1) is 4.92 Å². The van der Waals surface area contributed by atoms with Crippen molar-refractivity contribution in [2.24, 2.45) is 0 Å². The van der Waals surface area contributed by atoms with Gasteiger partial charge < -0.3 is 14.5 Å². The molecule has 26 heavy (non-hydrogen) atoms. The minimum Gasteiger partial charge on any atom is -0.489 e. The number of hydrogen-bond acceptors (Lipinski definition) is 6. The van der Waals surface area contributed by atoms with Gasteiger partial charge in [0.1, 0.15) is 17.9 Å². The summed E-state index contributed by atoms with van der Waals surface area (Å²) in [6.07, 6.45) is 0. The maximum Gasteiger partial charge on any atom is 0.336 e. The van der Waals surface area contributed by atoms with Gasteiger partial charge in [-0.3, -0.25) is 14.9 Å². The molecule has 0 aliphatic rings. The third kappa shape index (κ3) is 3.86. The molecule has 8 nitrogen and oxygen atoms in total. The van der Waals surface area contributed by atoms with Gasteiger partial charge in [0.25, 0.3) is 5.69 Å². The van der Waals surface area contributed by atoms with Gasteiger partial charge in [0.15, 0.2) is 0 Å². The summed E-state index contributed by atoms with van der Waals surface area (Å²) >= 11 is 0. The van der Waals surface area contributed by atoms with E-state index in [-0.39, 0.29) is 18.2 Å². The summed E-state index contributed by atoms with van der Waals surface area (Å²) in [5.74, 6) is 0.205. The lowest BCUT2D eigenvalue weighted by atomic mass is 10.1. The number of anilines is 1. The Kier molecular flexibility index (Phi) is 4.66. The molecule has 0 bridgehead atoms. The minimum absolute atomic E-state index is 0.0337. The number of nitro benzene ring substituents is 1. The van der Waals surface area contributed by atoms with Crippen molar-refractivity contribution in [3.05, 3.63) is 74.6 Å². The molecule has 1 amide bonds. The first-order chi connectivity index (χ1) is 12.4. The lowest BCUT2D eigenvalue weighted by molar-refractivity contribution is -0.384. The first-order valence-electron chi connectivity index (χ1n) is 7.64. The molecule has 3 aromatic rings. The zero-order valence-corrected chi connectivity index (χ0v) is 13.7. The average molecular weight is 354 g/mol. The third-order valence-corrected chi connectivity index (χ3v) is 3.59. The van der Waals surface area contributed by atoms with Crippen molar-refractivity contribution in [2.45, 2.75) is 13.5 Å². The summed E-state index contributed by atoms with van der Waals surface area (Å²) in [4.78, 5) is 33.1. The SMILES string of the molecule is CC(=O)Nc1ccc2c(COc3ccc([N+](=O)[O-])cc3)cc(=O)oc2c1. The number of nitrogens with one attached hydrogen (secondary N) is 1. The maximum atomic E-state index is 11.8. The van der Waals surface area contributed by atoms with Gasteiger partial charge in [-0.1, -0.05) is 0 Å². The molecule has 0 radical (unpaired) electrons. The number of nitro groups is 1. The molecular weight excluding hydrogens is 340 g/mol. The van der Waals surface area contributed by atoms with Crippen molar-refractivity contribution in [1.82, 2.24) is 0 Å². The van der Waals surface area contributed by atoms with E-state index >= 15 is 0 Å². The highest BCUT2D eigenvalue weighted by Crippen LogP contribution is 2.23. The van der Waals surface area contributed by atoms with Crippen LogP contribution in [0.15, 0.2) is 57.7 Å². The van der Waals surface area contributed by atoms with Gasteiger partial charge in [0, 0.05) is 47.8 Å². The zero-order valence-electron chi connectivity index (χ0n) is 13.7. The van der Waals surface area contributed by atoms with Crippen LogP contribution in [0.4, 0.5) is 11.4 Å². The fourth-order valence-corrected chi connectivity index (χ4v) is 2.46. The summed E-state index contributed by atoms with van der Waals surface area (Å²) in [7, 11) is 0. The molecule has 3 rings (SSSR count). The number of non-ortho nitro benzene ring substituents is 1. The first kappa shape index (κ1) is 17.2. The zero-order chi connectivity index (χ0) is 18.7. The van der Waals surface area contributed by atoms with Gasteiger partial charge in [-0.25, -0.2) is 4.79 Å². The highest BCUT2D eigenvalue weighted by atomic mass is 16.6. The van der Waals surface area contributed by atoms with Gasteiger partial charge in [0.2, 0.25) is 5.91 Å². The van der Waals surface area contributed by atoms with E-state index in [0.717, 1.165) is 0 Å². The number of hydrogen-bond donors (Lipinski definition) is 1. The lowest BCUT2D eigenvalue weighted by Gasteiger charge is -2.09. The Balaban J connectivity index is 1.86. The van der Waals surface area contributed by atoms with E-state index in [4.69, 9.17) is 9.15 Å². The second-order valence-electron chi connectivity index (χ2n) is 5.52. The van der Waals surface area contributed by atoms with E-state index in [1.165, 1.54) is 37.3 Å². The Labute approximate surface area is 147 Å². The van der Waals surface area contributed by atoms with Crippen LogP contribution in [0.25, 0.3) is 11.0 Å². The van der Waals surface area contributed by atoms with Crippen molar-refractivity contribution in [2.75, 3.05) is 5.32 Å². The van der Waals surface area contributed by atoms with Crippen LogP contribution < -0.4 is 15.7 Å². The highest BCUT2D eigenvalue weighted by Gasteiger charge is 2.09. The van der Waals surface area contributed by atoms with E-state index in [1.807, 2.05) is 0 Å². The number of rotatable bonds is 5. The molecule has 0 spiro atoms. The third-order valence-electron chi connectivity index (χ3n) is 3.59. The van der Waals surface area contributed by atoms with Crippen LogP contribution in [0.2, 0.25) is 0 Å². The van der Waals surface area contributed by atoms with E-state index in [0.29, 0.717) is 28.0 Å². The molecule has 1 heterocycles. The summed E-state index contributed by atoms with van der Waals surface area (Å²) in [5, 5.41) is 14.0. The summed E-state index contributed by atoms with van der Waals surface area (Å²) in [5.41, 5.74) is 0.866. The number of carbonyl (C=O) groups excluding carboxylic acids is 1. The van der Waals surface area contributed by atoms with Crippen LogP contribution in [0, 0.1) is 10.1 Å². The van der Waals surface area contributed by atoms with Crippen LogP contribution in [-0.2, 0) is 11.4 Å². The van der Waals surface area contributed by atoms with Crippen LogP contribution in [0.3, 0.4) is 0 Å². The predicted molar refractivity (Wildman–Crippen MR) is 94.2 cm³/mol. The Morgan fingerprint density at radius 3 is 2.58 bits per heavy atom. The highest BCUT2D eigenvalue weighted by molar-refractivity contribution is 5.92. The van der Waals surface area contributed by atoms with Crippen LogP contribution >= 0.6 is 0 Å². The minimum atomic E-state index is -0.542. The Bertz CT molecular complexity index is 1040. The standard InChI is InChI=1S/C18H14N2O6/c1-11(21)19-13-2-7-16-12(8-18(22)26-17(16)9-13)10-25-15-5-3-14(4-6-15)20(23)24/h2-9H,10H2,1H3,(H,19,21). The fraction of sp³-hybridized carbons (Fsp3) is 0.111. The number of benzene rings is 2. The number of ether oxygens (including phenoxy) is 1. The number of nitrogens with zero attached hydrogens (tertiary/aromatic N) is 1. The molecule has 2 aromatic carbocycles. The number of amides is 1. The van der Waals surface area contributed by atoms with Crippen LogP contribution in [0.5, 0.6) is 5.75 Å². The van der Waals surface area contributed by atoms with E-state index in [1.54, 1.807) is 18.2 Å². The Hall–Kier alpha value is -3.68. The van der Waals surface area contributed by atoms with E-state index in [9.17, 15) is 19.7 Å². The van der Waals surface area contributed by atoms with Crippen molar-refractivity contribution in [3.63, 3.8) is 0 Å². The monoisotopic (exact) mass is 354 g/mol. The Morgan fingerprint density at radius 1 is 1.19 bits per heavy atom. The van der Waals surface area contributed by atoms with Gasteiger partial charge in [-0.15, -0.1) is 0 Å². The summed E-state index contributed by atoms with van der Waals surface area (Å²) in [6, 6.07) is 12.0. The van der Waals surface area contributed by atoms with Gasteiger partial charge in [-0.2, -0.15) is 0 Å². The second-order valence-corrected chi connectivity index (χ2v) is 5.52. The normalized spacial score (nSPS) is 10.5. The maximum absolute atomic E-state index is 11.8. The lowest BCUT2D eigenvalue weighted by Crippen LogP contribution is -2.07. The molecule has 1 aromatic heterocycles. The number of carbonyl (C=O) groups is 1. The molecule has 0 fully saturated rings. The van der Waals surface area contributed by atoms with Crippen molar-refractivity contribution < 1.29 is 18.9 Å². The molecule has 132 valence electrons. The molecular formula is C18H14N2O6.